The number of nitrogens with zero attached hydrogens (tertiary/aromatic N) is 2. The Labute approximate surface area is 145 Å². The number of hydrogen-bond acceptors (Lipinski definition) is 5. The van der Waals surface area contributed by atoms with Crippen LogP contribution >= 0.6 is 0 Å². The molecule has 2 heterocycles. The summed E-state index contributed by atoms with van der Waals surface area (Å²) in [6.45, 7) is 3.78. The van der Waals surface area contributed by atoms with Crippen LogP contribution in [0.5, 0.6) is 5.75 Å². The van der Waals surface area contributed by atoms with Crippen LogP contribution in [0, 0.1) is 13.8 Å². The molecule has 0 radical (unpaired) electrons. The Morgan fingerprint density at radius 1 is 1.28 bits per heavy atom. The Hall–Kier alpha value is -2.89. The van der Waals surface area contributed by atoms with Crippen LogP contribution in [0.15, 0.2) is 28.8 Å². The average Bonchev–Trinajstić information content (AvgIpc) is 3.38. The van der Waals surface area contributed by atoms with Gasteiger partial charge in [0, 0.05) is 11.6 Å². The van der Waals surface area contributed by atoms with Crippen molar-refractivity contribution in [2.24, 2.45) is 0 Å². The number of fused-ring (bicyclic) bond motifs is 1. The van der Waals surface area contributed by atoms with Crippen LogP contribution in [0.4, 0.5) is 5.69 Å². The topological polar surface area (TPSA) is 77.2 Å². The van der Waals surface area contributed by atoms with E-state index < -0.39 is 0 Å². The zero-order valence-electron chi connectivity index (χ0n) is 14.4. The van der Waals surface area contributed by atoms with E-state index in [0.717, 1.165) is 24.1 Å². The Balaban J connectivity index is 1.77. The molecular formula is C19H19N3O3. The van der Waals surface area contributed by atoms with E-state index in [1.54, 1.807) is 7.11 Å². The van der Waals surface area contributed by atoms with E-state index >= 15 is 0 Å². The van der Waals surface area contributed by atoms with Gasteiger partial charge in [0.2, 0.25) is 0 Å². The van der Waals surface area contributed by atoms with Gasteiger partial charge in [-0.05, 0) is 50.5 Å². The first kappa shape index (κ1) is 15.6. The van der Waals surface area contributed by atoms with Gasteiger partial charge in [-0.25, -0.2) is 4.98 Å². The van der Waals surface area contributed by atoms with Crippen molar-refractivity contribution in [1.29, 1.82) is 0 Å². The number of nitrogens with one attached hydrogen (secondary N) is 1. The smallest absolute Gasteiger partial charge is 0.259 e. The van der Waals surface area contributed by atoms with Crippen LogP contribution in [0.25, 0.3) is 11.1 Å². The molecule has 3 aromatic rings. The van der Waals surface area contributed by atoms with E-state index in [-0.39, 0.29) is 5.91 Å². The first-order chi connectivity index (χ1) is 12.1. The molecule has 0 atom stereocenters. The predicted molar refractivity (Wildman–Crippen MR) is 94.2 cm³/mol. The third-order valence-electron chi connectivity index (χ3n) is 4.48. The number of hydrogen-bond donors (Lipinski definition) is 1. The summed E-state index contributed by atoms with van der Waals surface area (Å²) in [6, 6.07) is 7.53. The maximum absolute atomic E-state index is 13.0. The van der Waals surface area contributed by atoms with Gasteiger partial charge in [-0.15, -0.1) is 0 Å². The van der Waals surface area contributed by atoms with Crippen LogP contribution in [0.2, 0.25) is 0 Å². The number of rotatable bonds is 4. The molecule has 1 aliphatic rings. The summed E-state index contributed by atoms with van der Waals surface area (Å²) in [7, 11) is 1.58. The van der Waals surface area contributed by atoms with Gasteiger partial charge in [0.15, 0.2) is 0 Å². The van der Waals surface area contributed by atoms with E-state index in [0.29, 0.717) is 39.7 Å². The number of carbonyl (C=O) groups excluding carboxylic acids is 1. The fourth-order valence-corrected chi connectivity index (χ4v) is 2.99. The van der Waals surface area contributed by atoms with E-state index in [1.165, 1.54) is 0 Å². The summed E-state index contributed by atoms with van der Waals surface area (Å²) in [5, 5.41) is 7.59. The number of amides is 1. The predicted octanol–water partition coefficient (Wildman–Crippen LogP) is 3.98. The lowest BCUT2D eigenvalue weighted by molar-refractivity contribution is 0.102. The lowest BCUT2D eigenvalue weighted by Gasteiger charge is -2.12. The molecule has 1 N–H and O–H groups in total. The van der Waals surface area contributed by atoms with Gasteiger partial charge in [0.1, 0.15) is 5.75 Å². The van der Waals surface area contributed by atoms with Crippen molar-refractivity contribution in [2.45, 2.75) is 32.6 Å². The second kappa shape index (κ2) is 5.88. The highest BCUT2D eigenvalue weighted by molar-refractivity contribution is 6.12. The molecule has 128 valence electrons. The number of ether oxygens (including phenoxy) is 1. The largest absolute Gasteiger partial charge is 0.495 e. The number of methoxy groups -OCH3 is 1. The van der Waals surface area contributed by atoms with Crippen molar-refractivity contribution in [3.05, 3.63) is 46.8 Å². The van der Waals surface area contributed by atoms with E-state index in [9.17, 15) is 4.79 Å². The van der Waals surface area contributed by atoms with Crippen molar-refractivity contribution < 1.29 is 14.1 Å². The second-order valence-corrected chi connectivity index (χ2v) is 6.47. The fraction of sp³-hybridized carbons (Fsp3) is 0.316. The number of aryl methyl sites for hydroxylation is 2. The van der Waals surface area contributed by atoms with Gasteiger partial charge in [0.25, 0.3) is 11.6 Å². The Morgan fingerprint density at radius 2 is 2.08 bits per heavy atom. The van der Waals surface area contributed by atoms with Crippen LogP contribution in [-0.2, 0) is 0 Å². The monoisotopic (exact) mass is 337 g/mol. The molecule has 1 saturated carbocycles. The molecule has 1 amide bonds. The van der Waals surface area contributed by atoms with Crippen molar-refractivity contribution in [3.8, 4) is 5.75 Å². The third-order valence-corrected chi connectivity index (χ3v) is 4.48. The molecule has 1 aliphatic carbocycles. The quantitative estimate of drug-likeness (QED) is 0.779. The first-order valence-corrected chi connectivity index (χ1v) is 8.29. The van der Waals surface area contributed by atoms with Gasteiger partial charge in [-0.3, -0.25) is 4.79 Å². The van der Waals surface area contributed by atoms with Crippen molar-refractivity contribution in [1.82, 2.24) is 10.1 Å². The molecule has 6 nitrogen and oxygen atoms in total. The average molecular weight is 337 g/mol. The number of carbonyl (C=O) groups is 1. The SMILES string of the molecule is COc1ccc(C)cc1NC(=O)c1cc(C2CC2)nc2onc(C)c12. The van der Waals surface area contributed by atoms with Crippen molar-refractivity contribution >= 4 is 22.7 Å². The Bertz CT molecular complexity index is 973. The molecule has 25 heavy (non-hydrogen) atoms. The van der Waals surface area contributed by atoms with Crippen LogP contribution in [-0.4, -0.2) is 23.2 Å². The summed E-state index contributed by atoms with van der Waals surface area (Å²) in [6.07, 6.45) is 2.19. The normalized spacial score (nSPS) is 13.9. The van der Waals surface area contributed by atoms with E-state index in [1.807, 2.05) is 38.1 Å². The molecular weight excluding hydrogens is 318 g/mol. The zero-order valence-corrected chi connectivity index (χ0v) is 14.4. The van der Waals surface area contributed by atoms with Crippen molar-refractivity contribution in [2.75, 3.05) is 12.4 Å². The molecule has 2 aromatic heterocycles. The highest BCUT2D eigenvalue weighted by Crippen LogP contribution is 2.40. The molecule has 0 spiro atoms. The minimum absolute atomic E-state index is 0.218. The summed E-state index contributed by atoms with van der Waals surface area (Å²) in [5.41, 5.74) is 4.18. The summed E-state index contributed by atoms with van der Waals surface area (Å²) < 4.78 is 10.7. The molecule has 4 rings (SSSR count). The molecule has 1 aromatic carbocycles. The standard InChI is InChI=1S/C19H19N3O3/c1-10-4-7-16(24-3)15(8-10)20-18(23)13-9-14(12-5-6-12)21-19-17(13)11(2)22-25-19/h4,7-9,12H,5-6H2,1-3H3,(H,20,23). The van der Waals surface area contributed by atoms with E-state index in [4.69, 9.17) is 9.26 Å². The minimum Gasteiger partial charge on any atom is -0.495 e. The third kappa shape index (κ3) is 2.84. The van der Waals surface area contributed by atoms with Crippen LogP contribution < -0.4 is 10.1 Å². The molecule has 0 unspecified atom stereocenters. The van der Waals surface area contributed by atoms with Gasteiger partial charge in [-0.2, -0.15) is 0 Å². The lowest BCUT2D eigenvalue weighted by Crippen LogP contribution is -2.14. The van der Waals surface area contributed by atoms with Gasteiger partial charge in [0.05, 0.1) is 29.4 Å². The maximum Gasteiger partial charge on any atom is 0.259 e. The second-order valence-electron chi connectivity index (χ2n) is 6.47. The summed E-state index contributed by atoms with van der Waals surface area (Å²) in [5.74, 6) is 0.813. The number of pyridine rings is 1. The van der Waals surface area contributed by atoms with Gasteiger partial charge in [-0.1, -0.05) is 11.2 Å². The number of benzene rings is 1. The fourth-order valence-electron chi connectivity index (χ4n) is 2.99. The molecule has 0 bridgehead atoms. The molecule has 6 heteroatoms. The van der Waals surface area contributed by atoms with Gasteiger partial charge < -0.3 is 14.6 Å². The number of anilines is 1. The maximum atomic E-state index is 13.0. The summed E-state index contributed by atoms with van der Waals surface area (Å²) >= 11 is 0. The number of aromatic nitrogens is 2. The summed E-state index contributed by atoms with van der Waals surface area (Å²) in [4.78, 5) is 17.5. The lowest BCUT2D eigenvalue weighted by atomic mass is 10.1. The van der Waals surface area contributed by atoms with Crippen molar-refractivity contribution in [3.63, 3.8) is 0 Å². The minimum atomic E-state index is -0.218. The highest BCUT2D eigenvalue weighted by atomic mass is 16.5. The van der Waals surface area contributed by atoms with Gasteiger partial charge >= 0.3 is 0 Å². The van der Waals surface area contributed by atoms with Crippen LogP contribution in [0.3, 0.4) is 0 Å². The molecule has 1 fully saturated rings. The first-order valence-electron chi connectivity index (χ1n) is 8.29. The highest BCUT2D eigenvalue weighted by Gasteiger charge is 2.28. The molecule has 0 saturated heterocycles. The van der Waals surface area contributed by atoms with Crippen LogP contribution in [0.1, 0.15) is 46.1 Å². The van der Waals surface area contributed by atoms with E-state index in [2.05, 4.69) is 15.5 Å². The zero-order chi connectivity index (χ0) is 17.6. The molecule has 0 aliphatic heterocycles. The Morgan fingerprint density at radius 3 is 2.80 bits per heavy atom. The Kier molecular flexibility index (Phi) is 3.67.